The van der Waals surface area contributed by atoms with Gasteiger partial charge in [0, 0.05) is 0 Å². The van der Waals surface area contributed by atoms with Crippen LogP contribution < -0.4 is 5.73 Å². The van der Waals surface area contributed by atoms with Crippen molar-refractivity contribution in [2.75, 3.05) is 0 Å². The first kappa shape index (κ1) is 15.8. The number of hydrogen-bond acceptors (Lipinski definition) is 4. The molecular weight excluding hydrogens is 206 g/mol. The Morgan fingerprint density at radius 2 is 1.38 bits per heavy atom. The van der Waals surface area contributed by atoms with Gasteiger partial charge in [0.25, 0.3) is 0 Å². The normalized spacial score (nSPS) is 14.1. The zero-order chi connectivity index (χ0) is 12.4. The highest BCUT2D eigenvalue weighted by atomic mass is 16.5. The largest absolute Gasteiger partial charge is 0.386 e. The van der Waals surface area contributed by atoms with E-state index in [1.165, 1.54) is 32.1 Å². The summed E-state index contributed by atoms with van der Waals surface area (Å²) in [6.45, 7) is 2.20. The van der Waals surface area contributed by atoms with Crippen molar-refractivity contribution >= 4 is 0 Å². The Bertz CT molecular complexity index is 157. The van der Waals surface area contributed by atoms with Crippen LogP contribution in [0.3, 0.4) is 0 Å². The fourth-order valence-electron chi connectivity index (χ4n) is 1.68. The number of aliphatic hydroxyl groups excluding tert-OH is 1. The molecule has 0 bridgehead atoms. The molecule has 1 atom stereocenters. The van der Waals surface area contributed by atoms with Crippen LogP contribution in [-0.4, -0.2) is 27.3 Å². The smallest absolute Gasteiger partial charge is 0.247 e. The van der Waals surface area contributed by atoms with E-state index < -0.39 is 12.0 Å². The minimum Gasteiger partial charge on any atom is -0.386 e. The molecule has 0 radical (unpaired) electrons. The van der Waals surface area contributed by atoms with E-state index in [2.05, 4.69) is 6.92 Å². The first-order valence-corrected chi connectivity index (χ1v) is 6.40. The molecule has 98 valence electrons. The van der Waals surface area contributed by atoms with Crippen LogP contribution in [0.1, 0.15) is 64.7 Å². The van der Waals surface area contributed by atoms with E-state index in [4.69, 9.17) is 15.9 Å². The summed E-state index contributed by atoms with van der Waals surface area (Å²) in [5.74, 6) is -2.44. The monoisotopic (exact) mass is 233 g/mol. The Kier molecular flexibility index (Phi) is 8.84. The molecule has 0 spiro atoms. The SMILES string of the molecule is CCCCCCCCCCC(O)C(N)(O)O. The minimum absolute atomic E-state index is 0.346. The third-order valence-corrected chi connectivity index (χ3v) is 2.82. The van der Waals surface area contributed by atoms with Gasteiger partial charge in [-0.3, -0.25) is 5.73 Å². The molecule has 16 heavy (non-hydrogen) atoms. The first-order valence-electron chi connectivity index (χ1n) is 6.40. The summed E-state index contributed by atoms with van der Waals surface area (Å²) in [6, 6.07) is 0. The molecule has 4 nitrogen and oxygen atoms in total. The van der Waals surface area contributed by atoms with Gasteiger partial charge >= 0.3 is 0 Å². The van der Waals surface area contributed by atoms with E-state index in [0.717, 1.165) is 19.3 Å². The van der Waals surface area contributed by atoms with Gasteiger partial charge in [0.2, 0.25) is 5.91 Å². The lowest BCUT2D eigenvalue weighted by Gasteiger charge is -2.22. The Hall–Kier alpha value is -0.160. The molecule has 0 aliphatic carbocycles. The Balaban J connectivity index is 3.21. The second-order valence-electron chi connectivity index (χ2n) is 4.56. The van der Waals surface area contributed by atoms with Gasteiger partial charge < -0.3 is 15.3 Å². The molecule has 5 N–H and O–H groups in total. The van der Waals surface area contributed by atoms with E-state index in [1.54, 1.807) is 0 Å². The van der Waals surface area contributed by atoms with E-state index >= 15 is 0 Å². The molecule has 0 saturated heterocycles. The van der Waals surface area contributed by atoms with Crippen molar-refractivity contribution in [3.05, 3.63) is 0 Å². The summed E-state index contributed by atoms with van der Waals surface area (Å²) in [7, 11) is 0. The second-order valence-corrected chi connectivity index (χ2v) is 4.56. The van der Waals surface area contributed by atoms with Crippen LogP contribution in [0.25, 0.3) is 0 Å². The molecule has 0 fully saturated rings. The molecule has 0 aromatic carbocycles. The van der Waals surface area contributed by atoms with Crippen molar-refractivity contribution in [2.24, 2.45) is 5.73 Å². The van der Waals surface area contributed by atoms with E-state index in [-0.39, 0.29) is 0 Å². The molecule has 0 saturated carbocycles. The topological polar surface area (TPSA) is 86.7 Å². The number of hydrogen-bond donors (Lipinski definition) is 4. The molecule has 0 rings (SSSR count). The fourth-order valence-corrected chi connectivity index (χ4v) is 1.68. The van der Waals surface area contributed by atoms with Crippen molar-refractivity contribution in [1.29, 1.82) is 0 Å². The van der Waals surface area contributed by atoms with Gasteiger partial charge in [-0.2, -0.15) is 0 Å². The van der Waals surface area contributed by atoms with Crippen LogP contribution in [-0.2, 0) is 0 Å². The number of nitrogens with two attached hydrogens (primary N) is 1. The summed E-state index contributed by atoms with van der Waals surface area (Å²) in [6.07, 6.45) is 8.42. The molecular formula is C12H27NO3. The predicted octanol–water partition coefficient (Wildman–Crippen LogP) is 1.48. The van der Waals surface area contributed by atoms with Crippen LogP contribution >= 0.6 is 0 Å². The quantitative estimate of drug-likeness (QED) is 0.340. The van der Waals surface area contributed by atoms with Crippen LogP contribution in [0.5, 0.6) is 0 Å². The Labute approximate surface area is 98.5 Å². The molecule has 0 aliphatic heterocycles. The van der Waals surface area contributed by atoms with Gasteiger partial charge in [-0.1, -0.05) is 58.3 Å². The number of rotatable bonds is 10. The van der Waals surface area contributed by atoms with Crippen LogP contribution in [0.2, 0.25) is 0 Å². The molecule has 0 aromatic rings. The molecule has 0 heterocycles. The molecule has 0 aliphatic rings. The Morgan fingerprint density at radius 3 is 1.81 bits per heavy atom. The predicted molar refractivity (Wildman–Crippen MR) is 64.6 cm³/mol. The zero-order valence-corrected chi connectivity index (χ0v) is 10.4. The summed E-state index contributed by atoms with van der Waals surface area (Å²) >= 11 is 0. The van der Waals surface area contributed by atoms with Gasteiger partial charge in [-0.25, -0.2) is 0 Å². The number of aliphatic hydroxyl groups is 3. The third-order valence-electron chi connectivity index (χ3n) is 2.82. The average Bonchev–Trinajstić information content (AvgIpc) is 2.20. The fraction of sp³-hybridized carbons (Fsp3) is 1.00. The Morgan fingerprint density at radius 1 is 0.938 bits per heavy atom. The third kappa shape index (κ3) is 9.09. The minimum atomic E-state index is -2.44. The van der Waals surface area contributed by atoms with Crippen molar-refractivity contribution in [3.8, 4) is 0 Å². The summed E-state index contributed by atoms with van der Waals surface area (Å²) in [5.41, 5.74) is 4.94. The van der Waals surface area contributed by atoms with Crippen molar-refractivity contribution < 1.29 is 15.3 Å². The molecule has 4 heteroatoms. The lowest BCUT2D eigenvalue weighted by atomic mass is 10.0. The maximum absolute atomic E-state index is 9.23. The van der Waals surface area contributed by atoms with Crippen LogP contribution in [0.15, 0.2) is 0 Å². The summed E-state index contributed by atoms with van der Waals surface area (Å²) in [5, 5.41) is 27.0. The lowest BCUT2D eigenvalue weighted by molar-refractivity contribution is -0.222. The maximum atomic E-state index is 9.23. The van der Waals surface area contributed by atoms with Gasteiger partial charge in [0.05, 0.1) is 0 Å². The summed E-state index contributed by atoms with van der Waals surface area (Å²) < 4.78 is 0. The molecule has 0 amide bonds. The molecule has 0 aromatic heterocycles. The molecule has 1 unspecified atom stereocenters. The second kappa shape index (κ2) is 8.93. The van der Waals surface area contributed by atoms with Gasteiger partial charge in [0.15, 0.2) is 0 Å². The highest BCUT2D eigenvalue weighted by Gasteiger charge is 2.26. The number of unbranched alkanes of at least 4 members (excludes halogenated alkanes) is 7. The standard InChI is InChI=1S/C12H27NO3/c1-2-3-4-5-6-7-8-9-10-11(14)12(13,15)16/h11,14-16H,2-10,13H2,1H3. The lowest BCUT2D eigenvalue weighted by Crippen LogP contribution is -2.50. The average molecular weight is 233 g/mol. The maximum Gasteiger partial charge on any atom is 0.247 e. The van der Waals surface area contributed by atoms with Crippen LogP contribution in [0.4, 0.5) is 0 Å². The zero-order valence-electron chi connectivity index (χ0n) is 10.4. The van der Waals surface area contributed by atoms with E-state index in [9.17, 15) is 5.11 Å². The van der Waals surface area contributed by atoms with E-state index in [0.29, 0.717) is 6.42 Å². The van der Waals surface area contributed by atoms with Crippen molar-refractivity contribution in [3.63, 3.8) is 0 Å². The van der Waals surface area contributed by atoms with Gasteiger partial charge in [0.1, 0.15) is 6.10 Å². The van der Waals surface area contributed by atoms with Crippen molar-refractivity contribution in [2.45, 2.75) is 76.7 Å². The van der Waals surface area contributed by atoms with Crippen molar-refractivity contribution in [1.82, 2.24) is 0 Å². The highest BCUT2D eigenvalue weighted by molar-refractivity contribution is 4.67. The van der Waals surface area contributed by atoms with Gasteiger partial charge in [-0.05, 0) is 6.42 Å². The van der Waals surface area contributed by atoms with Gasteiger partial charge in [-0.15, -0.1) is 0 Å². The van der Waals surface area contributed by atoms with Crippen LogP contribution in [0, 0.1) is 0 Å². The first-order chi connectivity index (χ1) is 7.48. The highest BCUT2D eigenvalue weighted by Crippen LogP contribution is 2.12. The summed E-state index contributed by atoms with van der Waals surface area (Å²) in [4.78, 5) is 0. The van der Waals surface area contributed by atoms with E-state index in [1.807, 2.05) is 0 Å².